The van der Waals surface area contributed by atoms with Crippen LogP contribution >= 0.6 is 0 Å². The molecule has 0 fully saturated rings. The smallest absolute Gasteiger partial charge is 0.265 e. The van der Waals surface area contributed by atoms with Crippen molar-refractivity contribution in [3.8, 4) is 0 Å². The van der Waals surface area contributed by atoms with Crippen molar-refractivity contribution in [3.63, 3.8) is 0 Å². The molecule has 0 heterocycles. The lowest BCUT2D eigenvalue weighted by molar-refractivity contribution is -0.119. The lowest BCUT2D eigenvalue weighted by atomic mass is 10.1. The molecule has 0 saturated heterocycles. The maximum Gasteiger partial charge on any atom is 0.265 e. The first-order chi connectivity index (χ1) is 8.56. The van der Waals surface area contributed by atoms with Gasteiger partial charge in [-0.1, -0.05) is 19.1 Å². The second-order valence-corrected chi connectivity index (χ2v) is 3.94. The summed E-state index contributed by atoms with van der Waals surface area (Å²) in [5, 5.41) is 0. The molecule has 0 unspecified atom stereocenters. The van der Waals surface area contributed by atoms with E-state index in [2.05, 4.69) is 5.43 Å². The van der Waals surface area contributed by atoms with Gasteiger partial charge in [-0.3, -0.25) is 19.9 Å². The van der Waals surface area contributed by atoms with E-state index in [0.717, 1.165) is 5.56 Å². The zero-order chi connectivity index (χ0) is 13.5. The standard InChI is InChI=1S/C12H18N4O2/c1-2-16(8-11(13)17)7-9-4-3-5-10(6-9)12(18)15-14/h3-6H,2,7-8,14H2,1H3,(H2,13,17)(H,15,18). The van der Waals surface area contributed by atoms with Crippen LogP contribution in [0, 0.1) is 0 Å². The Kier molecular flexibility index (Phi) is 5.29. The first-order valence-corrected chi connectivity index (χ1v) is 5.67. The topological polar surface area (TPSA) is 101 Å². The number of hydrogen-bond acceptors (Lipinski definition) is 4. The van der Waals surface area contributed by atoms with Crippen LogP contribution in [0.1, 0.15) is 22.8 Å². The SMILES string of the molecule is CCN(CC(N)=O)Cc1cccc(C(=O)NN)c1. The molecular formula is C12H18N4O2. The molecule has 1 aromatic rings. The summed E-state index contributed by atoms with van der Waals surface area (Å²) >= 11 is 0. The van der Waals surface area contributed by atoms with Crippen molar-refractivity contribution in [2.45, 2.75) is 13.5 Å². The van der Waals surface area contributed by atoms with Gasteiger partial charge in [-0.2, -0.15) is 0 Å². The van der Waals surface area contributed by atoms with Crippen molar-refractivity contribution in [2.75, 3.05) is 13.1 Å². The Morgan fingerprint density at radius 1 is 1.39 bits per heavy atom. The quantitative estimate of drug-likeness (QED) is 0.363. The Morgan fingerprint density at radius 2 is 2.11 bits per heavy atom. The van der Waals surface area contributed by atoms with Crippen molar-refractivity contribution in [2.24, 2.45) is 11.6 Å². The van der Waals surface area contributed by atoms with Crippen molar-refractivity contribution < 1.29 is 9.59 Å². The molecule has 0 atom stereocenters. The highest BCUT2D eigenvalue weighted by Gasteiger charge is 2.09. The van der Waals surface area contributed by atoms with E-state index in [0.29, 0.717) is 18.7 Å². The summed E-state index contributed by atoms with van der Waals surface area (Å²) in [6, 6.07) is 7.08. The molecule has 6 heteroatoms. The summed E-state index contributed by atoms with van der Waals surface area (Å²) < 4.78 is 0. The Balaban J connectivity index is 2.77. The van der Waals surface area contributed by atoms with Crippen LogP contribution < -0.4 is 17.0 Å². The van der Waals surface area contributed by atoms with Gasteiger partial charge >= 0.3 is 0 Å². The molecule has 0 aliphatic carbocycles. The second-order valence-electron chi connectivity index (χ2n) is 3.94. The lowest BCUT2D eigenvalue weighted by Gasteiger charge is -2.18. The van der Waals surface area contributed by atoms with Gasteiger partial charge in [0.25, 0.3) is 5.91 Å². The van der Waals surface area contributed by atoms with Gasteiger partial charge in [-0.15, -0.1) is 0 Å². The van der Waals surface area contributed by atoms with E-state index >= 15 is 0 Å². The maximum atomic E-state index is 11.4. The van der Waals surface area contributed by atoms with E-state index in [9.17, 15) is 9.59 Å². The number of nitrogens with zero attached hydrogens (tertiary/aromatic N) is 1. The molecule has 1 aromatic carbocycles. The highest BCUT2D eigenvalue weighted by molar-refractivity contribution is 5.93. The number of hydrogen-bond donors (Lipinski definition) is 3. The molecule has 0 aliphatic rings. The number of carbonyl (C=O) groups is 2. The highest BCUT2D eigenvalue weighted by Crippen LogP contribution is 2.08. The van der Waals surface area contributed by atoms with Crippen LogP contribution in [0.5, 0.6) is 0 Å². The van der Waals surface area contributed by atoms with Crippen LogP contribution in [-0.4, -0.2) is 29.8 Å². The fraction of sp³-hybridized carbons (Fsp3) is 0.333. The summed E-state index contributed by atoms with van der Waals surface area (Å²) in [7, 11) is 0. The number of amides is 2. The van der Waals surface area contributed by atoms with Crippen molar-refractivity contribution in [1.29, 1.82) is 0 Å². The van der Waals surface area contributed by atoms with Gasteiger partial charge in [0.05, 0.1) is 6.54 Å². The van der Waals surface area contributed by atoms with Gasteiger partial charge in [0.1, 0.15) is 0 Å². The Labute approximate surface area is 106 Å². The van der Waals surface area contributed by atoms with Gasteiger partial charge < -0.3 is 5.73 Å². The van der Waals surface area contributed by atoms with Crippen LogP contribution in [0.25, 0.3) is 0 Å². The summed E-state index contributed by atoms with van der Waals surface area (Å²) in [5.41, 5.74) is 8.66. The van der Waals surface area contributed by atoms with Crippen molar-refractivity contribution in [1.82, 2.24) is 10.3 Å². The monoisotopic (exact) mass is 250 g/mol. The Bertz CT molecular complexity index is 434. The third kappa shape index (κ3) is 4.15. The number of likely N-dealkylation sites (N-methyl/N-ethyl adjacent to an activating group) is 1. The zero-order valence-electron chi connectivity index (χ0n) is 10.3. The summed E-state index contributed by atoms with van der Waals surface area (Å²) in [6.45, 7) is 3.41. The molecule has 5 N–H and O–H groups in total. The van der Waals surface area contributed by atoms with Gasteiger partial charge in [0.2, 0.25) is 5.91 Å². The van der Waals surface area contributed by atoms with Gasteiger partial charge in [0, 0.05) is 12.1 Å². The minimum Gasteiger partial charge on any atom is -0.369 e. The number of nitrogens with two attached hydrogens (primary N) is 2. The largest absolute Gasteiger partial charge is 0.369 e. The van der Waals surface area contributed by atoms with E-state index in [1.807, 2.05) is 17.9 Å². The second kappa shape index (κ2) is 6.73. The number of nitrogen functional groups attached to an aromatic ring is 1. The van der Waals surface area contributed by atoms with E-state index in [-0.39, 0.29) is 18.4 Å². The number of benzene rings is 1. The number of rotatable bonds is 6. The lowest BCUT2D eigenvalue weighted by Crippen LogP contribution is -2.33. The van der Waals surface area contributed by atoms with Crippen molar-refractivity contribution in [3.05, 3.63) is 35.4 Å². The molecule has 18 heavy (non-hydrogen) atoms. The molecule has 0 bridgehead atoms. The molecule has 2 amide bonds. The number of hydrazine groups is 1. The molecule has 0 aromatic heterocycles. The van der Waals surface area contributed by atoms with E-state index in [1.54, 1.807) is 18.2 Å². The maximum absolute atomic E-state index is 11.4. The summed E-state index contributed by atoms with van der Waals surface area (Å²) in [5.74, 6) is 4.37. The van der Waals surface area contributed by atoms with Crippen LogP contribution in [0.3, 0.4) is 0 Å². The fourth-order valence-electron chi connectivity index (χ4n) is 1.65. The molecule has 0 aliphatic heterocycles. The van der Waals surface area contributed by atoms with Crippen molar-refractivity contribution >= 4 is 11.8 Å². The first kappa shape index (κ1) is 14.1. The molecule has 6 nitrogen and oxygen atoms in total. The molecule has 0 spiro atoms. The average Bonchev–Trinajstić information content (AvgIpc) is 2.36. The van der Waals surface area contributed by atoms with Crippen LogP contribution in [0.4, 0.5) is 0 Å². The van der Waals surface area contributed by atoms with Gasteiger partial charge in [0.15, 0.2) is 0 Å². The minimum absolute atomic E-state index is 0.198. The summed E-state index contributed by atoms with van der Waals surface area (Å²) in [6.07, 6.45) is 0. The number of nitrogens with one attached hydrogen (secondary N) is 1. The van der Waals surface area contributed by atoms with Crippen LogP contribution in [0.2, 0.25) is 0 Å². The third-order valence-electron chi connectivity index (χ3n) is 2.55. The molecule has 0 saturated carbocycles. The number of carbonyl (C=O) groups excluding carboxylic acids is 2. The Morgan fingerprint density at radius 3 is 2.67 bits per heavy atom. The highest BCUT2D eigenvalue weighted by atomic mass is 16.2. The Hall–Kier alpha value is -1.92. The van der Waals surface area contributed by atoms with Gasteiger partial charge in [-0.25, -0.2) is 5.84 Å². The minimum atomic E-state index is -0.368. The molecular weight excluding hydrogens is 232 g/mol. The van der Waals surface area contributed by atoms with E-state index < -0.39 is 0 Å². The average molecular weight is 250 g/mol. The van der Waals surface area contributed by atoms with Gasteiger partial charge in [-0.05, 0) is 24.2 Å². The van der Waals surface area contributed by atoms with Crippen LogP contribution in [-0.2, 0) is 11.3 Å². The van der Waals surface area contributed by atoms with Crippen LogP contribution in [0.15, 0.2) is 24.3 Å². The first-order valence-electron chi connectivity index (χ1n) is 5.67. The fourth-order valence-corrected chi connectivity index (χ4v) is 1.65. The zero-order valence-corrected chi connectivity index (χ0v) is 10.3. The van der Waals surface area contributed by atoms with E-state index in [4.69, 9.17) is 11.6 Å². The van der Waals surface area contributed by atoms with E-state index in [1.165, 1.54) is 0 Å². The predicted octanol–water partition coefficient (Wildman–Crippen LogP) is -0.403. The number of primary amides is 1. The normalized spacial score (nSPS) is 10.4. The molecule has 98 valence electrons. The predicted molar refractivity (Wildman–Crippen MR) is 68.2 cm³/mol. The molecule has 1 rings (SSSR count). The third-order valence-corrected chi connectivity index (χ3v) is 2.55. The molecule has 0 radical (unpaired) electrons. The summed E-state index contributed by atoms with van der Waals surface area (Å²) in [4.78, 5) is 24.1.